The number of rotatable bonds is 0. The van der Waals surface area contributed by atoms with Gasteiger partial charge in [0.1, 0.15) is 0 Å². The second-order valence-electron chi connectivity index (χ2n) is 9.45. The minimum atomic E-state index is 0.364. The van der Waals surface area contributed by atoms with Crippen molar-refractivity contribution in [3.63, 3.8) is 0 Å². The van der Waals surface area contributed by atoms with Crippen molar-refractivity contribution >= 4 is 0 Å². The third kappa shape index (κ3) is 1.94. The second kappa shape index (κ2) is 5.08. The average Bonchev–Trinajstić information content (AvgIpc) is 2.87. The summed E-state index contributed by atoms with van der Waals surface area (Å²) >= 11 is 0. The van der Waals surface area contributed by atoms with E-state index in [2.05, 4.69) is 19.9 Å². The van der Waals surface area contributed by atoms with Crippen molar-refractivity contribution in [1.82, 2.24) is 0 Å². The molecule has 0 radical (unpaired) electrons. The summed E-state index contributed by atoms with van der Waals surface area (Å²) in [5.41, 5.74) is 2.69. The van der Waals surface area contributed by atoms with E-state index in [-0.39, 0.29) is 0 Å². The van der Waals surface area contributed by atoms with Gasteiger partial charge in [0.2, 0.25) is 0 Å². The van der Waals surface area contributed by atoms with Crippen LogP contribution in [0.25, 0.3) is 0 Å². The number of fused-ring (bicyclic) bond motifs is 7. The van der Waals surface area contributed by atoms with Crippen LogP contribution in [0.4, 0.5) is 0 Å². The van der Waals surface area contributed by atoms with E-state index < -0.39 is 0 Å². The second-order valence-corrected chi connectivity index (χ2v) is 9.45. The standard InChI is InChI=1S/C21H32O2/c1-20-9-4-3-5-14(20)6-7-15-16(20)8-10-21(2)17(15)13-18-19(21)23-12-11-22-18/h6,15-19H,3-5,7-13H2,1-2H3/t15-,16+,17+,18?,19?,20+,21+/m1/s1. The fourth-order valence-corrected chi connectivity index (χ4v) is 7.47. The highest BCUT2D eigenvalue weighted by Crippen LogP contribution is 2.65. The van der Waals surface area contributed by atoms with Gasteiger partial charge in [-0.1, -0.05) is 31.9 Å². The molecule has 2 nitrogen and oxygen atoms in total. The topological polar surface area (TPSA) is 18.5 Å². The van der Waals surface area contributed by atoms with E-state index in [4.69, 9.17) is 9.47 Å². The van der Waals surface area contributed by atoms with E-state index in [0.29, 0.717) is 23.0 Å². The lowest BCUT2D eigenvalue weighted by Gasteiger charge is -2.57. The van der Waals surface area contributed by atoms with Crippen molar-refractivity contribution in [1.29, 1.82) is 0 Å². The van der Waals surface area contributed by atoms with Crippen molar-refractivity contribution in [3.05, 3.63) is 11.6 Å². The van der Waals surface area contributed by atoms with Gasteiger partial charge >= 0.3 is 0 Å². The van der Waals surface area contributed by atoms with Crippen LogP contribution < -0.4 is 0 Å². The molecule has 0 aromatic rings. The van der Waals surface area contributed by atoms with Crippen LogP contribution in [0, 0.1) is 28.6 Å². The number of ether oxygens (including phenoxy) is 2. The lowest BCUT2D eigenvalue weighted by Crippen LogP contribution is -2.51. The molecule has 5 rings (SSSR count). The Labute approximate surface area is 141 Å². The van der Waals surface area contributed by atoms with Gasteiger partial charge in [-0.3, -0.25) is 0 Å². The number of allylic oxidation sites excluding steroid dienone is 2. The quantitative estimate of drug-likeness (QED) is 0.601. The first-order chi connectivity index (χ1) is 11.1. The highest BCUT2D eigenvalue weighted by atomic mass is 16.6. The smallest absolute Gasteiger partial charge is 0.0894 e. The van der Waals surface area contributed by atoms with Gasteiger partial charge in [-0.15, -0.1) is 0 Å². The van der Waals surface area contributed by atoms with E-state index in [0.717, 1.165) is 31.0 Å². The SMILES string of the molecule is C[C@]12CCCCC1=CC[C@@H]1[C@@H]2CC[C@]2(C)C3OCCOC3C[C@@H]12. The van der Waals surface area contributed by atoms with Crippen LogP contribution >= 0.6 is 0 Å². The molecule has 1 saturated heterocycles. The Morgan fingerprint density at radius 1 is 1.04 bits per heavy atom. The Morgan fingerprint density at radius 2 is 1.91 bits per heavy atom. The van der Waals surface area contributed by atoms with E-state index in [1.54, 1.807) is 0 Å². The Hall–Kier alpha value is -0.340. The van der Waals surface area contributed by atoms with Crippen molar-refractivity contribution in [2.24, 2.45) is 28.6 Å². The first-order valence-electron chi connectivity index (χ1n) is 10.1. The molecule has 3 saturated carbocycles. The fraction of sp³-hybridized carbons (Fsp3) is 0.905. The maximum absolute atomic E-state index is 6.25. The van der Waals surface area contributed by atoms with E-state index >= 15 is 0 Å². The predicted molar refractivity (Wildman–Crippen MR) is 91.2 cm³/mol. The molecule has 23 heavy (non-hydrogen) atoms. The van der Waals surface area contributed by atoms with Gasteiger partial charge < -0.3 is 9.47 Å². The van der Waals surface area contributed by atoms with Crippen LogP contribution in [0.3, 0.4) is 0 Å². The van der Waals surface area contributed by atoms with Gasteiger partial charge in [-0.25, -0.2) is 0 Å². The molecule has 1 heterocycles. The maximum atomic E-state index is 6.25. The molecule has 1 aliphatic heterocycles. The van der Waals surface area contributed by atoms with Crippen LogP contribution in [-0.4, -0.2) is 25.4 Å². The van der Waals surface area contributed by atoms with Crippen molar-refractivity contribution in [2.75, 3.05) is 13.2 Å². The average molecular weight is 316 g/mol. The van der Waals surface area contributed by atoms with E-state index in [1.807, 2.05) is 5.57 Å². The summed E-state index contributed by atoms with van der Waals surface area (Å²) in [6.45, 7) is 6.74. The van der Waals surface area contributed by atoms with Crippen LogP contribution in [0.15, 0.2) is 11.6 Å². The first-order valence-corrected chi connectivity index (χ1v) is 10.1. The van der Waals surface area contributed by atoms with Gasteiger partial charge in [0, 0.05) is 0 Å². The maximum Gasteiger partial charge on any atom is 0.0894 e. The molecule has 0 spiro atoms. The molecule has 128 valence electrons. The Morgan fingerprint density at radius 3 is 2.83 bits per heavy atom. The van der Waals surface area contributed by atoms with E-state index in [9.17, 15) is 0 Å². The molecular weight excluding hydrogens is 284 g/mol. The van der Waals surface area contributed by atoms with Gasteiger partial charge in [-0.2, -0.15) is 0 Å². The van der Waals surface area contributed by atoms with E-state index in [1.165, 1.54) is 51.4 Å². The zero-order valence-electron chi connectivity index (χ0n) is 14.9. The zero-order chi connectivity index (χ0) is 15.7. The molecular formula is C21H32O2. The summed E-state index contributed by atoms with van der Waals surface area (Å²) in [5.74, 6) is 2.60. The van der Waals surface area contributed by atoms with Crippen molar-refractivity contribution < 1.29 is 9.47 Å². The normalized spacial score (nSPS) is 55.2. The monoisotopic (exact) mass is 316 g/mol. The molecule has 0 amide bonds. The molecule has 0 aromatic heterocycles. The molecule has 0 aromatic carbocycles. The number of hydrogen-bond donors (Lipinski definition) is 0. The molecule has 2 unspecified atom stereocenters. The molecule has 0 N–H and O–H groups in total. The largest absolute Gasteiger partial charge is 0.373 e. The Kier molecular flexibility index (Phi) is 3.30. The lowest BCUT2D eigenvalue weighted by molar-refractivity contribution is -0.166. The van der Waals surface area contributed by atoms with Crippen molar-refractivity contribution in [3.8, 4) is 0 Å². The van der Waals surface area contributed by atoms with Crippen LogP contribution in [0.1, 0.15) is 65.2 Å². The van der Waals surface area contributed by atoms with Crippen LogP contribution in [0.2, 0.25) is 0 Å². The first kappa shape index (κ1) is 15.0. The minimum Gasteiger partial charge on any atom is -0.373 e. The van der Waals surface area contributed by atoms with Crippen LogP contribution in [0.5, 0.6) is 0 Å². The van der Waals surface area contributed by atoms with Gasteiger partial charge in [0.25, 0.3) is 0 Å². The van der Waals surface area contributed by atoms with Crippen molar-refractivity contribution in [2.45, 2.75) is 77.4 Å². The predicted octanol–water partition coefficient (Wildman–Crippen LogP) is 4.73. The summed E-state index contributed by atoms with van der Waals surface area (Å²) < 4.78 is 12.4. The van der Waals surface area contributed by atoms with Gasteiger partial charge in [0.05, 0.1) is 25.4 Å². The van der Waals surface area contributed by atoms with Gasteiger partial charge in [-0.05, 0) is 73.5 Å². The third-order valence-corrected chi connectivity index (χ3v) is 8.64. The summed E-state index contributed by atoms with van der Waals surface area (Å²) in [4.78, 5) is 0. The fourth-order valence-electron chi connectivity index (χ4n) is 7.47. The summed E-state index contributed by atoms with van der Waals surface area (Å²) in [6.07, 6.45) is 14.4. The van der Waals surface area contributed by atoms with Crippen LogP contribution in [-0.2, 0) is 9.47 Å². The zero-order valence-corrected chi connectivity index (χ0v) is 14.9. The molecule has 7 atom stereocenters. The molecule has 4 fully saturated rings. The van der Waals surface area contributed by atoms with Gasteiger partial charge in [0.15, 0.2) is 0 Å². The summed E-state index contributed by atoms with van der Waals surface area (Å²) in [6, 6.07) is 0. The highest BCUT2D eigenvalue weighted by Gasteiger charge is 2.62. The molecule has 0 bridgehead atoms. The minimum absolute atomic E-state index is 0.364. The summed E-state index contributed by atoms with van der Waals surface area (Å²) in [7, 11) is 0. The number of hydrogen-bond acceptors (Lipinski definition) is 2. The molecule has 4 aliphatic carbocycles. The highest BCUT2D eigenvalue weighted by molar-refractivity contribution is 5.25. The third-order valence-electron chi connectivity index (χ3n) is 8.64. The molecule has 2 heteroatoms. The Balaban J connectivity index is 1.49. The Bertz CT molecular complexity index is 526. The summed E-state index contributed by atoms with van der Waals surface area (Å²) in [5, 5.41) is 0. The lowest BCUT2D eigenvalue weighted by atomic mass is 9.48. The molecule has 5 aliphatic rings.